The van der Waals surface area contributed by atoms with E-state index in [4.69, 9.17) is 10.5 Å². The van der Waals surface area contributed by atoms with Crippen molar-refractivity contribution in [1.29, 1.82) is 0 Å². The molecule has 1 aromatic carbocycles. The predicted octanol–water partition coefficient (Wildman–Crippen LogP) is 1.90. The van der Waals surface area contributed by atoms with Crippen LogP contribution in [0, 0.1) is 5.92 Å². The molecule has 0 heterocycles. The van der Waals surface area contributed by atoms with Crippen LogP contribution < -0.4 is 5.73 Å². The Hall–Kier alpha value is -1.35. The molecule has 0 aromatic heterocycles. The number of esters is 1. The highest BCUT2D eigenvalue weighted by Crippen LogP contribution is 2.38. The minimum Gasteiger partial charge on any atom is -0.465 e. The zero-order chi connectivity index (χ0) is 12.3. The fourth-order valence-corrected chi connectivity index (χ4v) is 2.50. The molecule has 1 saturated carbocycles. The lowest BCUT2D eigenvalue weighted by atomic mass is 9.67. The van der Waals surface area contributed by atoms with Crippen LogP contribution in [-0.2, 0) is 16.0 Å². The Labute approximate surface area is 102 Å². The van der Waals surface area contributed by atoms with Crippen molar-refractivity contribution in [3.05, 3.63) is 35.9 Å². The van der Waals surface area contributed by atoms with Gasteiger partial charge in [-0.25, -0.2) is 0 Å². The number of benzene rings is 1. The summed E-state index contributed by atoms with van der Waals surface area (Å²) < 4.78 is 4.98. The van der Waals surface area contributed by atoms with Gasteiger partial charge in [-0.15, -0.1) is 0 Å². The molecule has 1 fully saturated rings. The maximum absolute atomic E-state index is 11.6. The molecule has 1 aliphatic carbocycles. The van der Waals surface area contributed by atoms with Crippen molar-refractivity contribution in [2.24, 2.45) is 11.7 Å². The van der Waals surface area contributed by atoms with Crippen molar-refractivity contribution < 1.29 is 9.53 Å². The lowest BCUT2D eigenvalue weighted by molar-refractivity contribution is -0.155. The van der Waals surface area contributed by atoms with Crippen LogP contribution in [0.3, 0.4) is 0 Å². The van der Waals surface area contributed by atoms with E-state index in [1.165, 1.54) is 5.56 Å². The fraction of sp³-hybridized carbons (Fsp3) is 0.500. The molecule has 2 N–H and O–H groups in total. The largest absolute Gasteiger partial charge is 0.465 e. The zero-order valence-corrected chi connectivity index (χ0v) is 10.2. The van der Waals surface area contributed by atoms with Crippen molar-refractivity contribution in [2.75, 3.05) is 6.61 Å². The van der Waals surface area contributed by atoms with Crippen LogP contribution in [0.2, 0.25) is 0 Å². The first kappa shape index (κ1) is 12.1. The zero-order valence-electron chi connectivity index (χ0n) is 10.2. The maximum Gasteiger partial charge on any atom is 0.326 e. The van der Waals surface area contributed by atoms with Crippen LogP contribution in [-0.4, -0.2) is 18.1 Å². The standard InChI is InChI=1S/C14H19NO2/c1-2-17-13(16)14(15)9-12(10-14)8-11-6-4-3-5-7-11/h3-7,12H,2,8-10,15H2,1H3. The summed E-state index contributed by atoms with van der Waals surface area (Å²) in [6, 6.07) is 10.3. The number of rotatable bonds is 4. The lowest BCUT2D eigenvalue weighted by Gasteiger charge is -2.42. The molecule has 0 aliphatic heterocycles. The number of carbonyl (C=O) groups excluding carboxylic acids is 1. The third-order valence-corrected chi connectivity index (χ3v) is 3.36. The minimum absolute atomic E-state index is 0.246. The monoisotopic (exact) mass is 233 g/mol. The van der Waals surface area contributed by atoms with Crippen LogP contribution in [0.25, 0.3) is 0 Å². The van der Waals surface area contributed by atoms with Gasteiger partial charge in [0.2, 0.25) is 0 Å². The van der Waals surface area contributed by atoms with Crippen molar-refractivity contribution in [2.45, 2.75) is 31.7 Å². The molecule has 0 atom stereocenters. The van der Waals surface area contributed by atoms with Gasteiger partial charge in [-0.3, -0.25) is 4.79 Å². The predicted molar refractivity (Wildman–Crippen MR) is 66.4 cm³/mol. The number of hydrogen-bond donors (Lipinski definition) is 1. The first-order valence-electron chi connectivity index (χ1n) is 6.14. The molecule has 2 rings (SSSR count). The van der Waals surface area contributed by atoms with Crippen LogP contribution in [0.4, 0.5) is 0 Å². The van der Waals surface area contributed by atoms with Crippen LogP contribution in [0.1, 0.15) is 25.3 Å². The van der Waals surface area contributed by atoms with E-state index in [1.54, 1.807) is 6.92 Å². The Morgan fingerprint density at radius 1 is 1.41 bits per heavy atom. The molecule has 0 unspecified atom stereocenters. The lowest BCUT2D eigenvalue weighted by Crippen LogP contribution is -2.59. The average molecular weight is 233 g/mol. The van der Waals surface area contributed by atoms with Gasteiger partial charge in [-0.1, -0.05) is 30.3 Å². The summed E-state index contributed by atoms with van der Waals surface area (Å²) in [6.45, 7) is 2.21. The molecule has 1 aromatic rings. The first-order chi connectivity index (χ1) is 8.14. The van der Waals surface area contributed by atoms with E-state index in [1.807, 2.05) is 18.2 Å². The van der Waals surface area contributed by atoms with Crippen molar-refractivity contribution >= 4 is 5.97 Å². The maximum atomic E-state index is 11.6. The van der Waals surface area contributed by atoms with Gasteiger partial charge >= 0.3 is 5.97 Å². The number of hydrogen-bond acceptors (Lipinski definition) is 3. The number of carbonyl (C=O) groups is 1. The van der Waals surface area contributed by atoms with Gasteiger partial charge in [0.1, 0.15) is 5.54 Å². The van der Waals surface area contributed by atoms with E-state index in [0.717, 1.165) is 19.3 Å². The highest BCUT2D eigenvalue weighted by Gasteiger charge is 2.47. The summed E-state index contributed by atoms with van der Waals surface area (Å²) in [5, 5.41) is 0. The second-order valence-electron chi connectivity index (χ2n) is 4.84. The summed E-state index contributed by atoms with van der Waals surface area (Å²) in [5.74, 6) is 0.260. The quantitative estimate of drug-likeness (QED) is 0.808. The molecule has 17 heavy (non-hydrogen) atoms. The second kappa shape index (κ2) is 4.88. The van der Waals surface area contributed by atoms with Gasteiger partial charge < -0.3 is 10.5 Å². The number of ether oxygens (including phenoxy) is 1. The Morgan fingerprint density at radius 2 is 2.06 bits per heavy atom. The van der Waals surface area contributed by atoms with Crippen molar-refractivity contribution in [1.82, 2.24) is 0 Å². The fourth-order valence-electron chi connectivity index (χ4n) is 2.50. The highest BCUT2D eigenvalue weighted by molar-refractivity contribution is 5.81. The molecular weight excluding hydrogens is 214 g/mol. The third kappa shape index (κ3) is 2.67. The molecule has 3 nitrogen and oxygen atoms in total. The van der Waals surface area contributed by atoms with Gasteiger partial charge in [-0.05, 0) is 37.7 Å². The van der Waals surface area contributed by atoms with Gasteiger partial charge in [-0.2, -0.15) is 0 Å². The third-order valence-electron chi connectivity index (χ3n) is 3.36. The molecule has 0 saturated heterocycles. The van der Waals surface area contributed by atoms with E-state index in [9.17, 15) is 4.79 Å². The Kier molecular flexibility index (Phi) is 3.48. The van der Waals surface area contributed by atoms with Crippen molar-refractivity contribution in [3.63, 3.8) is 0 Å². The highest BCUT2D eigenvalue weighted by atomic mass is 16.5. The van der Waals surface area contributed by atoms with Crippen LogP contribution >= 0.6 is 0 Å². The van der Waals surface area contributed by atoms with Crippen molar-refractivity contribution in [3.8, 4) is 0 Å². The molecular formula is C14H19NO2. The summed E-state index contributed by atoms with van der Waals surface area (Å²) in [7, 11) is 0. The topological polar surface area (TPSA) is 52.3 Å². The Balaban J connectivity index is 1.84. The van der Waals surface area contributed by atoms with Gasteiger partial charge in [0.25, 0.3) is 0 Å². The van der Waals surface area contributed by atoms with E-state index >= 15 is 0 Å². The Bertz CT molecular complexity index is 382. The first-order valence-corrected chi connectivity index (χ1v) is 6.14. The van der Waals surface area contributed by atoms with Crippen LogP contribution in [0.15, 0.2) is 30.3 Å². The Morgan fingerprint density at radius 3 is 2.65 bits per heavy atom. The second-order valence-corrected chi connectivity index (χ2v) is 4.84. The normalized spacial score (nSPS) is 27.3. The van der Waals surface area contributed by atoms with E-state index in [2.05, 4.69) is 12.1 Å². The average Bonchev–Trinajstić information content (AvgIpc) is 2.28. The summed E-state index contributed by atoms with van der Waals surface area (Å²) in [4.78, 5) is 11.6. The molecule has 0 spiro atoms. The summed E-state index contributed by atoms with van der Waals surface area (Å²) in [5.41, 5.74) is 6.58. The van der Waals surface area contributed by atoms with E-state index in [0.29, 0.717) is 12.5 Å². The molecule has 0 amide bonds. The summed E-state index contributed by atoms with van der Waals surface area (Å²) >= 11 is 0. The molecule has 92 valence electrons. The molecule has 0 radical (unpaired) electrons. The van der Waals surface area contributed by atoms with E-state index < -0.39 is 5.54 Å². The molecule has 0 bridgehead atoms. The van der Waals surface area contributed by atoms with Gasteiger partial charge in [0.15, 0.2) is 0 Å². The van der Waals surface area contributed by atoms with Gasteiger partial charge in [0, 0.05) is 0 Å². The minimum atomic E-state index is -0.727. The molecule has 1 aliphatic rings. The summed E-state index contributed by atoms with van der Waals surface area (Å²) in [6.07, 6.45) is 2.47. The smallest absolute Gasteiger partial charge is 0.326 e. The SMILES string of the molecule is CCOC(=O)C1(N)CC(Cc2ccccc2)C1. The number of nitrogens with two attached hydrogens (primary N) is 1. The van der Waals surface area contributed by atoms with Crippen LogP contribution in [0.5, 0.6) is 0 Å². The van der Waals surface area contributed by atoms with Gasteiger partial charge in [0.05, 0.1) is 6.61 Å². The van der Waals surface area contributed by atoms with E-state index in [-0.39, 0.29) is 5.97 Å². The molecule has 3 heteroatoms.